The number of hydrogen-bond donors (Lipinski definition) is 1. The summed E-state index contributed by atoms with van der Waals surface area (Å²) in [7, 11) is 0. The molecule has 0 fully saturated rings. The Bertz CT molecular complexity index is 1030. The van der Waals surface area contributed by atoms with E-state index < -0.39 is 23.5 Å². The van der Waals surface area contributed by atoms with Crippen LogP contribution in [0.25, 0.3) is 11.3 Å². The van der Waals surface area contributed by atoms with Gasteiger partial charge in [-0.25, -0.2) is 8.78 Å². The van der Waals surface area contributed by atoms with Crippen molar-refractivity contribution in [1.82, 2.24) is 10.1 Å². The molecule has 0 aliphatic carbocycles. The van der Waals surface area contributed by atoms with Gasteiger partial charge in [-0.1, -0.05) is 47.1 Å². The number of carbonyl (C=O) groups is 2. The molecule has 0 saturated heterocycles. The van der Waals surface area contributed by atoms with Gasteiger partial charge in [0.1, 0.15) is 5.69 Å². The first-order valence-electron chi connectivity index (χ1n) is 8.83. The van der Waals surface area contributed by atoms with Gasteiger partial charge in [0.2, 0.25) is 5.76 Å². The maximum Gasteiger partial charge on any atom is 0.305 e. The van der Waals surface area contributed by atoms with Gasteiger partial charge in [-0.05, 0) is 13.0 Å². The van der Waals surface area contributed by atoms with Crippen LogP contribution in [0.4, 0.5) is 8.78 Å². The molecule has 0 saturated carbocycles. The van der Waals surface area contributed by atoms with Crippen molar-refractivity contribution < 1.29 is 28.0 Å². The lowest BCUT2D eigenvalue weighted by Crippen LogP contribution is -2.32. The Labute approximate surface area is 165 Å². The molecule has 1 amide bonds. The number of rotatable bonds is 7. The summed E-state index contributed by atoms with van der Waals surface area (Å²) in [6, 6.07) is 12.5. The van der Waals surface area contributed by atoms with Crippen molar-refractivity contribution in [3.8, 4) is 11.3 Å². The van der Waals surface area contributed by atoms with E-state index >= 15 is 0 Å². The van der Waals surface area contributed by atoms with E-state index in [2.05, 4.69) is 5.16 Å². The van der Waals surface area contributed by atoms with E-state index in [0.717, 1.165) is 22.1 Å². The third-order valence-corrected chi connectivity index (χ3v) is 4.34. The summed E-state index contributed by atoms with van der Waals surface area (Å²) in [5, 5.41) is 12.8. The smallest absolute Gasteiger partial charge is 0.305 e. The predicted octanol–water partition coefficient (Wildman–Crippen LogP) is 4.05. The van der Waals surface area contributed by atoms with Crippen LogP contribution in [0.1, 0.15) is 28.1 Å². The van der Waals surface area contributed by atoms with Crippen LogP contribution in [-0.4, -0.2) is 33.6 Å². The Morgan fingerprint density at radius 3 is 2.55 bits per heavy atom. The number of carboxylic acids is 1. The lowest BCUT2D eigenvalue weighted by Gasteiger charge is -2.21. The lowest BCUT2D eigenvalue weighted by atomic mass is 10.1. The molecule has 2 aromatic carbocycles. The van der Waals surface area contributed by atoms with E-state index in [1.807, 2.05) is 31.2 Å². The first-order valence-corrected chi connectivity index (χ1v) is 8.83. The molecule has 0 atom stereocenters. The van der Waals surface area contributed by atoms with Crippen molar-refractivity contribution in [2.75, 3.05) is 6.54 Å². The largest absolute Gasteiger partial charge is 0.481 e. The van der Waals surface area contributed by atoms with Gasteiger partial charge in [0.25, 0.3) is 5.91 Å². The Morgan fingerprint density at radius 1 is 1.14 bits per heavy atom. The molecule has 150 valence electrons. The fourth-order valence-corrected chi connectivity index (χ4v) is 2.75. The average molecular weight is 400 g/mol. The highest BCUT2D eigenvalue weighted by Crippen LogP contribution is 2.22. The number of halogens is 2. The zero-order chi connectivity index (χ0) is 21.0. The van der Waals surface area contributed by atoms with Gasteiger partial charge in [-0.3, -0.25) is 9.59 Å². The van der Waals surface area contributed by atoms with Crippen molar-refractivity contribution in [2.45, 2.75) is 19.9 Å². The third kappa shape index (κ3) is 4.84. The predicted molar refractivity (Wildman–Crippen MR) is 100 cm³/mol. The van der Waals surface area contributed by atoms with Gasteiger partial charge in [0.15, 0.2) is 11.6 Å². The van der Waals surface area contributed by atoms with Crippen molar-refractivity contribution in [3.63, 3.8) is 0 Å². The molecule has 1 aromatic heterocycles. The first-order chi connectivity index (χ1) is 13.8. The third-order valence-electron chi connectivity index (χ3n) is 4.34. The summed E-state index contributed by atoms with van der Waals surface area (Å²) in [6.45, 7) is 1.42. The average Bonchev–Trinajstić information content (AvgIpc) is 3.18. The maximum atomic E-state index is 14.0. The van der Waals surface area contributed by atoms with Crippen molar-refractivity contribution in [3.05, 3.63) is 77.1 Å². The monoisotopic (exact) mass is 400 g/mol. The molecule has 0 unspecified atom stereocenters. The summed E-state index contributed by atoms with van der Waals surface area (Å²) in [6.07, 6.45) is -0.359. The van der Waals surface area contributed by atoms with Crippen LogP contribution < -0.4 is 0 Å². The van der Waals surface area contributed by atoms with Crippen molar-refractivity contribution >= 4 is 11.9 Å². The molecule has 0 spiro atoms. The maximum absolute atomic E-state index is 14.0. The molecule has 3 aromatic rings. The van der Waals surface area contributed by atoms with Gasteiger partial charge in [-0.15, -0.1) is 0 Å². The number of nitrogens with zero attached hydrogens (tertiary/aromatic N) is 2. The van der Waals surface area contributed by atoms with Gasteiger partial charge in [0.05, 0.1) is 6.42 Å². The van der Waals surface area contributed by atoms with Crippen molar-refractivity contribution in [1.29, 1.82) is 0 Å². The number of aromatic nitrogens is 1. The van der Waals surface area contributed by atoms with Gasteiger partial charge in [0, 0.05) is 30.3 Å². The van der Waals surface area contributed by atoms with E-state index in [9.17, 15) is 18.4 Å². The molecule has 6 nitrogen and oxygen atoms in total. The number of aryl methyl sites for hydroxylation is 1. The highest BCUT2D eigenvalue weighted by Gasteiger charge is 2.23. The summed E-state index contributed by atoms with van der Waals surface area (Å²) in [4.78, 5) is 24.9. The zero-order valence-electron chi connectivity index (χ0n) is 15.6. The number of aliphatic carboxylic acids is 1. The second-order valence-electron chi connectivity index (χ2n) is 6.53. The molecule has 0 bridgehead atoms. The second-order valence-corrected chi connectivity index (χ2v) is 6.53. The minimum atomic E-state index is -1.12. The topological polar surface area (TPSA) is 83.6 Å². The van der Waals surface area contributed by atoms with E-state index in [-0.39, 0.29) is 30.8 Å². The Hall–Kier alpha value is -3.55. The van der Waals surface area contributed by atoms with Gasteiger partial charge < -0.3 is 14.5 Å². The number of hydrogen-bond acceptors (Lipinski definition) is 4. The molecule has 8 heteroatoms. The minimum absolute atomic E-state index is 0.0676. The van der Waals surface area contributed by atoms with E-state index in [1.54, 1.807) is 0 Å². The molecule has 1 N–H and O–H groups in total. The van der Waals surface area contributed by atoms with Crippen LogP contribution in [0, 0.1) is 18.6 Å². The molecular weight excluding hydrogens is 382 g/mol. The van der Waals surface area contributed by atoms with Crippen LogP contribution in [0.2, 0.25) is 0 Å². The van der Waals surface area contributed by atoms with E-state index in [1.165, 1.54) is 18.2 Å². The van der Waals surface area contributed by atoms with Gasteiger partial charge in [-0.2, -0.15) is 0 Å². The minimum Gasteiger partial charge on any atom is -0.481 e. The quantitative estimate of drug-likeness (QED) is 0.647. The number of amides is 1. The Kier molecular flexibility index (Phi) is 6.01. The van der Waals surface area contributed by atoms with Crippen LogP contribution in [0.5, 0.6) is 0 Å². The number of benzene rings is 2. The SMILES string of the molecule is Cc1ccc(-c2cc(C(=O)N(CCC(=O)O)Cc3cccc(F)c3F)on2)cc1. The normalized spacial score (nSPS) is 10.7. The highest BCUT2D eigenvalue weighted by atomic mass is 19.2. The lowest BCUT2D eigenvalue weighted by molar-refractivity contribution is -0.137. The Morgan fingerprint density at radius 2 is 1.86 bits per heavy atom. The number of carboxylic acid groups (broad SMARTS) is 1. The number of carbonyl (C=O) groups excluding carboxylic acids is 1. The van der Waals surface area contributed by atoms with Crippen LogP contribution in [0.3, 0.4) is 0 Å². The fourth-order valence-electron chi connectivity index (χ4n) is 2.75. The Balaban J connectivity index is 1.85. The molecule has 29 heavy (non-hydrogen) atoms. The first kappa shape index (κ1) is 20.2. The molecule has 0 radical (unpaired) electrons. The summed E-state index contributed by atoms with van der Waals surface area (Å²) in [5.74, 6) is -4.04. The molecular formula is C21H18F2N2O4. The highest BCUT2D eigenvalue weighted by molar-refractivity contribution is 5.92. The van der Waals surface area contributed by atoms with E-state index in [0.29, 0.717) is 5.69 Å². The van der Waals surface area contributed by atoms with Crippen LogP contribution in [-0.2, 0) is 11.3 Å². The van der Waals surface area contributed by atoms with Crippen LogP contribution >= 0.6 is 0 Å². The van der Waals surface area contributed by atoms with Crippen LogP contribution in [0.15, 0.2) is 53.1 Å². The molecule has 0 aliphatic heterocycles. The van der Waals surface area contributed by atoms with Crippen molar-refractivity contribution in [2.24, 2.45) is 0 Å². The molecule has 3 rings (SSSR count). The standard InChI is InChI=1S/C21H18F2N2O4/c1-13-5-7-14(8-6-13)17-11-18(29-24-17)21(28)25(10-9-19(26)27)12-15-3-2-4-16(22)20(15)23/h2-8,11H,9-10,12H2,1H3,(H,26,27). The summed E-state index contributed by atoms with van der Waals surface area (Å²) < 4.78 is 32.6. The summed E-state index contributed by atoms with van der Waals surface area (Å²) >= 11 is 0. The zero-order valence-corrected chi connectivity index (χ0v) is 15.6. The molecule has 1 heterocycles. The summed E-state index contributed by atoms with van der Waals surface area (Å²) in [5.41, 5.74) is 2.17. The fraction of sp³-hybridized carbons (Fsp3) is 0.190. The molecule has 0 aliphatic rings. The van der Waals surface area contributed by atoms with E-state index in [4.69, 9.17) is 9.63 Å². The van der Waals surface area contributed by atoms with Gasteiger partial charge >= 0.3 is 5.97 Å². The second kappa shape index (κ2) is 8.64.